The van der Waals surface area contributed by atoms with Crippen LogP contribution in [-0.2, 0) is 9.53 Å². The van der Waals surface area contributed by atoms with Gasteiger partial charge in [-0.3, -0.25) is 10.1 Å². The summed E-state index contributed by atoms with van der Waals surface area (Å²) < 4.78 is 5.07. The molecule has 0 bridgehead atoms. The van der Waals surface area contributed by atoms with E-state index in [1.54, 1.807) is 24.3 Å². The van der Waals surface area contributed by atoms with E-state index in [1.807, 2.05) is 30.3 Å². The van der Waals surface area contributed by atoms with Crippen molar-refractivity contribution in [2.45, 2.75) is 31.7 Å². The Morgan fingerprint density at radius 1 is 0.929 bits per heavy atom. The van der Waals surface area contributed by atoms with Gasteiger partial charge in [-0.1, -0.05) is 43.2 Å². The van der Waals surface area contributed by atoms with Gasteiger partial charge in [0.2, 0.25) is 0 Å². The zero-order valence-corrected chi connectivity index (χ0v) is 15.4. The molecule has 0 saturated heterocycles. The van der Waals surface area contributed by atoms with Gasteiger partial charge in [0.05, 0.1) is 11.3 Å². The van der Waals surface area contributed by atoms with Crippen LogP contribution in [0.3, 0.4) is 0 Å². The van der Waals surface area contributed by atoms with Gasteiger partial charge in [0.15, 0.2) is 6.61 Å². The van der Waals surface area contributed by atoms with Crippen LogP contribution < -0.4 is 16.0 Å². The maximum atomic E-state index is 12.4. The topological polar surface area (TPSA) is 96.5 Å². The van der Waals surface area contributed by atoms with Gasteiger partial charge >= 0.3 is 12.0 Å². The van der Waals surface area contributed by atoms with E-state index in [0.29, 0.717) is 11.3 Å². The summed E-state index contributed by atoms with van der Waals surface area (Å²) in [5.41, 5.74) is 1.69. The van der Waals surface area contributed by atoms with Crippen molar-refractivity contribution in [3.8, 4) is 0 Å². The third kappa shape index (κ3) is 5.57. The zero-order valence-electron chi connectivity index (χ0n) is 15.4. The number of rotatable bonds is 6. The van der Waals surface area contributed by atoms with Crippen molar-refractivity contribution >= 4 is 29.3 Å². The van der Waals surface area contributed by atoms with E-state index in [0.717, 1.165) is 31.4 Å². The van der Waals surface area contributed by atoms with Crippen LogP contribution in [0.1, 0.15) is 36.0 Å². The molecule has 7 nitrogen and oxygen atoms in total. The van der Waals surface area contributed by atoms with Crippen molar-refractivity contribution in [2.75, 3.05) is 11.9 Å². The summed E-state index contributed by atoms with van der Waals surface area (Å²) in [6.07, 6.45) is 3.99. The molecule has 7 heteroatoms. The van der Waals surface area contributed by atoms with Crippen molar-refractivity contribution in [3.05, 3.63) is 60.2 Å². The number of urea groups is 1. The van der Waals surface area contributed by atoms with Gasteiger partial charge in [-0.15, -0.1) is 0 Å². The fourth-order valence-electron chi connectivity index (χ4n) is 3.11. The number of ether oxygens (including phenoxy) is 1. The molecule has 2 aromatic rings. The van der Waals surface area contributed by atoms with E-state index >= 15 is 0 Å². The minimum absolute atomic E-state index is 0.103. The number of nitrogens with one attached hydrogen (secondary N) is 3. The van der Waals surface area contributed by atoms with E-state index in [1.165, 1.54) is 0 Å². The number of para-hydroxylation sites is 2. The second kappa shape index (κ2) is 9.55. The molecule has 3 N–H and O–H groups in total. The average Bonchev–Trinajstić information content (AvgIpc) is 3.20. The van der Waals surface area contributed by atoms with Crippen molar-refractivity contribution in [1.82, 2.24) is 10.6 Å². The Labute approximate surface area is 163 Å². The number of imide groups is 1. The minimum Gasteiger partial charge on any atom is -0.452 e. The molecule has 3 rings (SSSR count). The first-order valence-corrected chi connectivity index (χ1v) is 9.30. The van der Waals surface area contributed by atoms with Gasteiger partial charge in [0.1, 0.15) is 0 Å². The molecule has 28 heavy (non-hydrogen) atoms. The Morgan fingerprint density at radius 2 is 1.61 bits per heavy atom. The molecule has 0 aliphatic heterocycles. The second-order valence-corrected chi connectivity index (χ2v) is 6.62. The summed E-state index contributed by atoms with van der Waals surface area (Å²) >= 11 is 0. The molecule has 3 amide bonds. The highest BCUT2D eigenvalue weighted by atomic mass is 16.5. The predicted molar refractivity (Wildman–Crippen MR) is 105 cm³/mol. The molecule has 0 heterocycles. The maximum Gasteiger partial charge on any atom is 0.340 e. The van der Waals surface area contributed by atoms with E-state index in [9.17, 15) is 14.4 Å². The van der Waals surface area contributed by atoms with Crippen LogP contribution in [-0.4, -0.2) is 30.6 Å². The van der Waals surface area contributed by atoms with Crippen LogP contribution in [0, 0.1) is 0 Å². The summed E-state index contributed by atoms with van der Waals surface area (Å²) in [5, 5.41) is 8.08. The quantitative estimate of drug-likeness (QED) is 0.667. The number of anilines is 2. The van der Waals surface area contributed by atoms with Crippen molar-refractivity contribution in [3.63, 3.8) is 0 Å². The SMILES string of the molecule is O=C(COC(=O)c1ccccc1Nc1ccccc1)NC(=O)NC1CCCC1. The molecular weight excluding hydrogens is 358 g/mol. The summed E-state index contributed by atoms with van der Waals surface area (Å²) in [6.45, 7) is -0.531. The summed E-state index contributed by atoms with van der Waals surface area (Å²) in [6, 6.07) is 15.8. The molecule has 1 aliphatic carbocycles. The number of carbonyl (C=O) groups excluding carboxylic acids is 3. The zero-order chi connectivity index (χ0) is 19.8. The van der Waals surface area contributed by atoms with Crippen LogP contribution >= 0.6 is 0 Å². The number of hydrogen-bond acceptors (Lipinski definition) is 5. The third-order valence-corrected chi connectivity index (χ3v) is 4.48. The van der Waals surface area contributed by atoms with Crippen LogP contribution in [0.15, 0.2) is 54.6 Å². The number of hydrogen-bond donors (Lipinski definition) is 3. The van der Waals surface area contributed by atoms with E-state index in [4.69, 9.17) is 4.74 Å². The molecule has 1 fully saturated rings. The summed E-state index contributed by atoms with van der Waals surface area (Å²) in [7, 11) is 0. The van der Waals surface area contributed by atoms with E-state index in [-0.39, 0.29) is 6.04 Å². The van der Waals surface area contributed by atoms with Gasteiger partial charge < -0.3 is 15.4 Å². The lowest BCUT2D eigenvalue weighted by atomic mass is 10.1. The first kappa shape index (κ1) is 19.4. The Kier molecular flexibility index (Phi) is 6.62. The Bertz CT molecular complexity index is 833. The highest BCUT2D eigenvalue weighted by Gasteiger charge is 2.19. The monoisotopic (exact) mass is 381 g/mol. The molecule has 0 aromatic heterocycles. The van der Waals surface area contributed by atoms with Gasteiger partial charge in [-0.2, -0.15) is 0 Å². The van der Waals surface area contributed by atoms with Crippen molar-refractivity contribution in [1.29, 1.82) is 0 Å². The summed E-state index contributed by atoms with van der Waals surface area (Å²) in [4.78, 5) is 36.0. The Balaban J connectivity index is 1.51. The Hall–Kier alpha value is -3.35. The number of benzene rings is 2. The predicted octanol–water partition coefficient (Wildman–Crippen LogP) is 3.36. The van der Waals surface area contributed by atoms with Crippen LogP contribution in [0.25, 0.3) is 0 Å². The minimum atomic E-state index is -0.669. The van der Waals surface area contributed by atoms with Gasteiger partial charge in [-0.05, 0) is 37.1 Å². The van der Waals surface area contributed by atoms with Gasteiger partial charge in [-0.25, -0.2) is 9.59 Å². The summed E-state index contributed by atoms with van der Waals surface area (Å²) in [5.74, 6) is -1.32. The van der Waals surface area contributed by atoms with Crippen LogP contribution in [0.4, 0.5) is 16.2 Å². The largest absolute Gasteiger partial charge is 0.452 e. The molecule has 0 radical (unpaired) electrons. The van der Waals surface area contributed by atoms with E-state index in [2.05, 4.69) is 16.0 Å². The smallest absolute Gasteiger partial charge is 0.340 e. The van der Waals surface area contributed by atoms with Crippen molar-refractivity contribution in [2.24, 2.45) is 0 Å². The molecular formula is C21H23N3O4. The van der Waals surface area contributed by atoms with Crippen molar-refractivity contribution < 1.29 is 19.1 Å². The highest BCUT2D eigenvalue weighted by Crippen LogP contribution is 2.21. The fraction of sp³-hybridized carbons (Fsp3) is 0.286. The molecule has 2 aromatic carbocycles. The Morgan fingerprint density at radius 3 is 2.36 bits per heavy atom. The standard InChI is InChI=1S/C21H23N3O4/c25-19(24-21(27)23-16-10-4-5-11-16)14-28-20(26)17-12-6-7-13-18(17)22-15-8-2-1-3-9-15/h1-3,6-9,12-13,16,22H,4-5,10-11,14H2,(H2,23,24,25,27). The average molecular weight is 381 g/mol. The van der Waals surface area contributed by atoms with Crippen LogP contribution in [0.5, 0.6) is 0 Å². The van der Waals surface area contributed by atoms with Crippen LogP contribution in [0.2, 0.25) is 0 Å². The first-order valence-electron chi connectivity index (χ1n) is 9.30. The molecule has 146 valence electrons. The van der Waals surface area contributed by atoms with Gasteiger partial charge in [0.25, 0.3) is 5.91 Å². The fourth-order valence-corrected chi connectivity index (χ4v) is 3.11. The highest BCUT2D eigenvalue weighted by molar-refractivity contribution is 5.99. The van der Waals surface area contributed by atoms with Gasteiger partial charge in [0, 0.05) is 11.7 Å². The van der Waals surface area contributed by atoms with E-state index < -0.39 is 24.5 Å². The number of amides is 3. The third-order valence-electron chi connectivity index (χ3n) is 4.48. The molecule has 0 unspecified atom stereocenters. The first-order chi connectivity index (χ1) is 13.6. The number of carbonyl (C=O) groups is 3. The molecule has 1 aliphatic rings. The molecule has 0 spiro atoms. The maximum absolute atomic E-state index is 12.4. The molecule has 0 atom stereocenters. The lowest BCUT2D eigenvalue weighted by molar-refractivity contribution is -0.123. The lowest BCUT2D eigenvalue weighted by Gasteiger charge is -2.13. The molecule has 1 saturated carbocycles. The second-order valence-electron chi connectivity index (χ2n) is 6.62. The lowest BCUT2D eigenvalue weighted by Crippen LogP contribution is -2.45. The number of esters is 1. The normalized spacial score (nSPS) is 13.6.